The van der Waals surface area contributed by atoms with Crippen molar-refractivity contribution in [3.8, 4) is 10.8 Å². The van der Waals surface area contributed by atoms with E-state index in [-0.39, 0.29) is 24.1 Å². The third kappa shape index (κ3) is 5.20. The number of hydrogen-bond donors (Lipinski definition) is 1. The number of nitrogens with zero attached hydrogens (tertiary/aromatic N) is 3. The quantitative estimate of drug-likeness (QED) is 0.565. The van der Waals surface area contributed by atoms with Gasteiger partial charge >= 0.3 is 0 Å². The molecule has 28 heavy (non-hydrogen) atoms. The fourth-order valence-electron chi connectivity index (χ4n) is 2.45. The second-order valence-electron chi connectivity index (χ2n) is 5.95. The maximum Gasteiger partial charge on any atom is 0.277 e. The number of carbonyl (C=O) groups is 2. The van der Waals surface area contributed by atoms with Crippen molar-refractivity contribution in [3.05, 3.63) is 47.3 Å². The summed E-state index contributed by atoms with van der Waals surface area (Å²) in [6.45, 7) is 2.00. The molecule has 0 unspecified atom stereocenters. The summed E-state index contributed by atoms with van der Waals surface area (Å²) in [5.41, 5.74) is 1.83. The van der Waals surface area contributed by atoms with E-state index < -0.39 is 0 Å². The number of thiophene rings is 1. The zero-order chi connectivity index (χ0) is 19.9. The predicted molar refractivity (Wildman–Crippen MR) is 110 cm³/mol. The fourth-order valence-corrected chi connectivity index (χ4v) is 3.79. The van der Waals surface area contributed by atoms with E-state index in [0.717, 1.165) is 34.3 Å². The summed E-state index contributed by atoms with van der Waals surface area (Å²) in [6.07, 6.45) is 0.819. The van der Waals surface area contributed by atoms with Gasteiger partial charge < -0.3 is 14.6 Å². The van der Waals surface area contributed by atoms with Gasteiger partial charge in [0.25, 0.3) is 11.1 Å². The lowest BCUT2D eigenvalue weighted by molar-refractivity contribution is -0.131. The summed E-state index contributed by atoms with van der Waals surface area (Å²) in [6, 6.07) is 11.4. The summed E-state index contributed by atoms with van der Waals surface area (Å²) in [7, 11) is 1.60. The number of rotatable bonds is 8. The number of aromatic nitrogens is 2. The Labute approximate surface area is 171 Å². The average Bonchev–Trinajstić information content (AvgIpc) is 3.38. The van der Waals surface area contributed by atoms with Crippen molar-refractivity contribution in [3.63, 3.8) is 0 Å². The summed E-state index contributed by atoms with van der Waals surface area (Å²) < 4.78 is 5.54. The molecule has 0 bridgehead atoms. The monoisotopic (exact) mass is 416 g/mol. The van der Waals surface area contributed by atoms with Crippen LogP contribution >= 0.6 is 23.1 Å². The molecule has 3 rings (SSSR count). The Morgan fingerprint density at radius 2 is 2.04 bits per heavy atom. The second kappa shape index (κ2) is 9.52. The van der Waals surface area contributed by atoms with Gasteiger partial charge in [0, 0.05) is 12.7 Å². The first-order valence-electron chi connectivity index (χ1n) is 8.68. The van der Waals surface area contributed by atoms with Crippen molar-refractivity contribution < 1.29 is 14.0 Å². The van der Waals surface area contributed by atoms with E-state index in [1.54, 1.807) is 7.05 Å². The molecule has 0 aliphatic heterocycles. The van der Waals surface area contributed by atoms with Crippen molar-refractivity contribution in [2.75, 3.05) is 24.7 Å². The summed E-state index contributed by atoms with van der Waals surface area (Å²) >= 11 is 2.66. The molecule has 1 N–H and O–H groups in total. The molecule has 9 heteroatoms. The van der Waals surface area contributed by atoms with Gasteiger partial charge in [-0.3, -0.25) is 9.59 Å². The highest BCUT2D eigenvalue weighted by Crippen LogP contribution is 2.26. The van der Waals surface area contributed by atoms with Gasteiger partial charge in [-0.15, -0.1) is 21.5 Å². The highest BCUT2D eigenvalue weighted by molar-refractivity contribution is 7.99. The van der Waals surface area contributed by atoms with Crippen LogP contribution < -0.4 is 5.32 Å². The molecule has 2 amide bonds. The number of amides is 2. The van der Waals surface area contributed by atoms with Crippen LogP contribution in [0.1, 0.15) is 12.5 Å². The second-order valence-corrected chi connectivity index (χ2v) is 7.82. The lowest BCUT2D eigenvalue weighted by atomic mass is 10.1. The van der Waals surface area contributed by atoms with Crippen molar-refractivity contribution in [1.82, 2.24) is 15.1 Å². The standard InChI is InChI=1S/C19H20N4O3S2/c1-3-13-7-4-5-8-14(13)20-16(24)11-23(2)17(25)12-28-19-22-21-18(26-19)15-9-6-10-27-15/h4-10H,3,11-12H2,1-2H3,(H,20,24). The largest absolute Gasteiger partial charge is 0.410 e. The summed E-state index contributed by atoms with van der Waals surface area (Å²) in [5, 5.41) is 13.0. The maximum absolute atomic E-state index is 12.3. The number of anilines is 1. The zero-order valence-corrected chi connectivity index (χ0v) is 17.2. The molecule has 0 radical (unpaired) electrons. The predicted octanol–water partition coefficient (Wildman–Crippen LogP) is 3.55. The Kier molecular flexibility index (Phi) is 6.83. The number of hydrogen-bond acceptors (Lipinski definition) is 7. The number of para-hydroxylation sites is 1. The van der Waals surface area contributed by atoms with Gasteiger partial charge in [0.05, 0.1) is 17.2 Å². The van der Waals surface area contributed by atoms with E-state index in [0.29, 0.717) is 11.1 Å². The Morgan fingerprint density at radius 3 is 2.79 bits per heavy atom. The first-order valence-corrected chi connectivity index (χ1v) is 10.5. The molecule has 7 nitrogen and oxygen atoms in total. The van der Waals surface area contributed by atoms with Crippen LogP contribution in [0.25, 0.3) is 10.8 Å². The Bertz CT molecular complexity index is 940. The smallest absolute Gasteiger partial charge is 0.277 e. The topological polar surface area (TPSA) is 88.3 Å². The number of benzene rings is 1. The first-order chi connectivity index (χ1) is 13.6. The van der Waals surface area contributed by atoms with Crippen molar-refractivity contribution in [2.24, 2.45) is 0 Å². The summed E-state index contributed by atoms with van der Waals surface area (Å²) in [4.78, 5) is 26.8. The van der Waals surface area contributed by atoms with Crippen LogP contribution in [-0.4, -0.2) is 46.3 Å². The molecule has 0 atom stereocenters. The third-order valence-corrected chi connectivity index (χ3v) is 5.60. The third-order valence-electron chi connectivity index (χ3n) is 3.94. The Balaban J connectivity index is 1.48. The van der Waals surface area contributed by atoms with Crippen LogP contribution in [0.15, 0.2) is 51.4 Å². The molecular formula is C19H20N4O3S2. The van der Waals surface area contributed by atoms with Crippen LogP contribution in [0.4, 0.5) is 5.69 Å². The van der Waals surface area contributed by atoms with Gasteiger partial charge in [0.15, 0.2) is 0 Å². The van der Waals surface area contributed by atoms with Crippen molar-refractivity contribution in [2.45, 2.75) is 18.6 Å². The first kappa shape index (κ1) is 20.1. The van der Waals surface area contributed by atoms with Crippen molar-refractivity contribution in [1.29, 1.82) is 0 Å². The molecule has 3 aromatic rings. The van der Waals surface area contributed by atoms with Crippen LogP contribution in [0, 0.1) is 0 Å². The molecule has 146 valence electrons. The van der Waals surface area contributed by atoms with Crippen LogP contribution in [-0.2, 0) is 16.0 Å². The van der Waals surface area contributed by atoms with E-state index in [1.807, 2.05) is 48.7 Å². The molecule has 0 aliphatic rings. The van der Waals surface area contributed by atoms with E-state index in [9.17, 15) is 9.59 Å². The lowest BCUT2D eigenvalue weighted by Gasteiger charge is -2.17. The highest BCUT2D eigenvalue weighted by Gasteiger charge is 2.16. The van der Waals surface area contributed by atoms with E-state index in [2.05, 4.69) is 15.5 Å². The number of thioether (sulfide) groups is 1. The molecule has 0 saturated carbocycles. The van der Waals surface area contributed by atoms with Crippen molar-refractivity contribution >= 4 is 40.6 Å². The van der Waals surface area contributed by atoms with Crippen LogP contribution in [0.5, 0.6) is 0 Å². The SMILES string of the molecule is CCc1ccccc1NC(=O)CN(C)C(=O)CSc1nnc(-c2cccs2)o1. The van der Waals surface area contributed by atoms with Gasteiger partial charge in [-0.05, 0) is 29.5 Å². The Hall–Kier alpha value is -2.65. The number of likely N-dealkylation sites (N-methyl/N-ethyl adjacent to an activating group) is 1. The number of carbonyl (C=O) groups excluding carboxylic acids is 2. The van der Waals surface area contributed by atoms with E-state index >= 15 is 0 Å². The highest BCUT2D eigenvalue weighted by atomic mass is 32.2. The lowest BCUT2D eigenvalue weighted by Crippen LogP contribution is -2.36. The normalized spacial score (nSPS) is 10.6. The van der Waals surface area contributed by atoms with E-state index in [4.69, 9.17) is 4.42 Å². The average molecular weight is 417 g/mol. The minimum Gasteiger partial charge on any atom is -0.410 e. The van der Waals surface area contributed by atoms with Gasteiger partial charge in [-0.1, -0.05) is 43.0 Å². The van der Waals surface area contributed by atoms with Gasteiger partial charge in [0.1, 0.15) is 0 Å². The zero-order valence-electron chi connectivity index (χ0n) is 15.5. The molecule has 0 aliphatic carbocycles. The summed E-state index contributed by atoms with van der Waals surface area (Å²) in [5.74, 6) is 0.119. The molecular weight excluding hydrogens is 396 g/mol. The number of nitrogens with one attached hydrogen (secondary N) is 1. The van der Waals surface area contributed by atoms with Crippen LogP contribution in [0.3, 0.4) is 0 Å². The van der Waals surface area contributed by atoms with Gasteiger partial charge in [-0.25, -0.2) is 0 Å². The molecule has 0 spiro atoms. The maximum atomic E-state index is 12.3. The Morgan fingerprint density at radius 1 is 1.21 bits per heavy atom. The van der Waals surface area contributed by atoms with Gasteiger partial charge in [-0.2, -0.15) is 0 Å². The van der Waals surface area contributed by atoms with Gasteiger partial charge in [0.2, 0.25) is 11.8 Å². The fraction of sp³-hybridized carbons (Fsp3) is 0.263. The minimum absolute atomic E-state index is 0.0261. The molecule has 2 heterocycles. The molecule has 0 saturated heterocycles. The molecule has 0 fully saturated rings. The molecule has 2 aromatic heterocycles. The van der Waals surface area contributed by atoms with E-state index in [1.165, 1.54) is 16.2 Å². The molecule has 1 aromatic carbocycles. The van der Waals surface area contributed by atoms with Crippen LogP contribution in [0.2, 0.25) is 0 Å². The minimum atomic E-state index is -0.237. The number of aryl methyl sites for hydroxylation is 1.